The van der Waals surface area contributed by atoms with E-state index in [4.69, 9.17) is 4.74 Å². The highest BCUT2D eigenvalue weighted by atomic mass is 16.5. The van der Waals surface area contributed by atoms with E-state index in [1.165, 1.54) is 244 Å². The molecule has 3 N–H and O–H groups in total. The summed E-state index contributed by atoms with van der Waals surface area (Å²) in [5, 5.41) is 23.3. The number of aliphatic hydroxyl groups is 2. The highest BCUT2D eigenvalue weighted by molar-refractivity contribution is 5.76. The first-order valence-corrected chi connectivity index (χ1v) is 28.3. The number of carbonyl (C=O) groups excluding carboxylic acids is 2. The minimum Gasteiger partial charge on any atom is -0.466 e. The molecule has 1 amide bonds. The zero-order valence-corrected chi connectivity index (χ0v) is 42.1. The predicted molar refractivity (Wildman–Crippen MR) is 269 cm³/mol. The maximum Gasteiger partial charge on any atom is 0.305 e. The molecule has 0 aliphatic heterocycles. The van der Waals surface area contributed by atoms with Crippen LogP contribution in [0.5, 0.6) is 0 Å². The number of unbranched alkanes of at least 4 members (excludes halogenated alkanes) is 42. The monoisotopic (exact) mass is 878 g/mol. The first-order valence-electron chi connectivity index (χ1n) is 28.3. The van der Waals surface area contributed by atoms with E-state index in [-0.39, 0.29) is 18.5 Å². The van der Waals surface area contributed by atoms with Crippen molar-refractivity contribution in [1.29, 1.82) is 0 Å². The van der Waals surface area contributed by atoms with Gasteiger partial charge in [-0.2, -0.15) is 0 Å². The van der Waals surface area contributed by atoms with Crippen molar-refractivity contribution in [3.8, 4) is 0 Å². The predicted octanol–water partition coefficient (Wildman–Crippen LogP) is 17.1. The summed E-state index contributed by atoms with van der Waals surface area (Å²) >= 11 is 0. The minimum atomic E-state index is -0.669. The third-order valence-corrected chi connectivity index (χ3v) is 13.4. The van der Waals surface area contributed by atoms with E-state index in [9.17, 15) is 19.8 Å². The molecular weight excluding hydrogens is 767 g/mol. The largest absolute Gasteiger partial charge is 0.466 e. The third-order valence-electron chi connectivity index (χ3n) is 13.4. The Hall–Kier alpha value is -1.14. The van der Waals surface area contributed by atoms with Crippen molar-refractivity contribution in [2.45, 2.75) is 334 Å². The van der Waals surface area contributed by atoms with Crippen LogP contribution < -0.4 is 5.32 Å². The lowest BCUT2D eigenvalue weighted by Gasteiger charge is -2.22. The SMILES string of the molecule is CCCCCCCCCCCCCCCCCCCCC(O)C(CO)NC(=O)CCCCCCCCCCCCCCCCCOC(=O)CCCCCCCCCCCCCC. The van der Waals surface area contributed by atoms with Gasteiger partial charge in [0, 0.05) is 12.8 Å². The summed E-state index contributed by atoms with van der Waals surface area (Å²) in [6.07, 6.45) is 59.4. The minimum absolute atomic E-state index is 0.00239. The number of rotatable bonds is 53. The second-order valence-corrected chi connectivity index (χ2v) is 19.6. The van der Waals surface area contributed by atoms with E-state index in [1.807, 2.05) is 0 Å². The van der Waals surface area contributed by atoms with Crippen molar-refractivity contribution in [3.05, 3.63) is 0 Å². The number of ether oxygens (including phenoxy) is 1. The summed E-state index contributed by atoms with van der Waals surface area (Å²) in [6.45, 7) is 4.96. The average molecular weight is 879 g/mol. The summed E-state index contributed by atoms with van der Waals surface area (Å²) in [7, 11) is 0. The fraction of sp³-hybridized carbons (Fsp3) is 0.964. The van der Waals surface area contributed by atoms with Crippen LogP contribution in [0.2, 0.25) is 0 Å². The Kier molecular flexibility index (Phi) is 51.5. The molecule has 0 rings (SSSR count). The molecule has 6 heteroatoms. The van der Waals surface area contributed by atoms with Crippen molar-refractivity contribution in [2.24, 2.45) is 0 Å². The zero-order chi connectivity index (χ0) is 45.1. The van der Waals surface area contributed by atoms with Gasteiger partial charge in [-0.25, -0.2) is 0 Å². The third kappa shape index (κ3) is 48.3. The number of carbonyl (C=O) groups is 2. The molecule has 2 atom stereocenters. The van der Waals surface area contributed by atoms with E-state index in [0.717, 1.165) is 44.9 Å². The summed E-state index contributed by atoms with van der Waals surface area (Å²) in [5.74, 6) is -0.0376. The van der Waals surface area contributed by atoms with Crippen LogP contribution in [0.1, 0.15) is 322 Å². The van der Waals surface area contributed by atoms with Crippen LogP contribution in [0.4, 0.5) is 0 Å². The van der Waals surface area contributed by atoms with Crippen LogP contribution in [-0.2, 0) is 14.3 Å². The number of aliphatic hydroxyl groups excluding tert-OH is 2. The quantitative estimate of drug-likeness (QED) is 0.0418. The highest BCUT2D eigenvalue weighted by Gasteiger charge is 2.20. The standard InChI is InChI=1S/C56H111NO5/c1-3-5-7-9-11-13-15-17-18-19-20-22-25-28-32-36-40-44-48-54(59)53(52-58)57-55(60)49-45-41-37-33-29-26-23-21-24-27-31-35-39-43-47-51-62-56(61)50-46-42-38-34-30-16-14-12-10-8-6-4-2/h53-54,58-59H,3-52H2,1-2H3,(H,57,60). The normalized spacial score (nSPS) is 12.5. The van der Waals surface area contributed by atoms with Gasteiger partial charge in [-0.15, -0.1) is 0 Å². The lowest BCUT2D eigenvalue weighted by atomic mass is 10.0. The fourth-order valence-electron chi connectivity index (χ4n) is 9.05. The van der Waals surface area contributed by atoms with Crippen molar-refractivity contribution < 1.29 is 24.5 Å². The lowest BCUT2D eigenvalue weighted by Crippen LogP contribution is -2.45. The van der Waals surface area contributed by atoms with Crippen LogP contribution in [0.3, 0.4) is 0 Å². The first kappa shape index (κ1) is 60.9. The van der Waals surface area contributed by atoms with Crippen molar-refractivity contribution in [1.82, 2.24) is 5.32 Å². The Morgan fingerprint density at radius 1 is 0.387 bits per heavy atom. The van der Waals surface area contributed by atoms with Crippen molar-refractivity contribution >= 4 is 11.9 Å². The van der Waals surface area contributed by atoms with Gasteiger partial charge in [-0.1, -0.05) is 284 Å². The summed E-state index contributed by atoms with van der Waals surface area (Å²) in [4.78, 5) is 24.5. The van der Waals surface area contributed by atoms with Crippen LogP contribution in [-0.4, -0.2) is 47.4 Å². The maximum atomic E-state index is 12.5. The smallest absolute Gasteiger partial charge is 0.305 e. The van der Waals surface area contributed by atoms with E-state index in [1.54, 1.807) is 0 Å². The summed E-state index contributed by atoms with van der Waals surface area (Å²) in [6, 6.07) is -0.546. The molecule has 0 saturated heterocycles. The molecule has 2 unspecified atom stereocenters. The van der Waals surface area contributed by atoms with Crippen LogP contribution in [0.25, 0.3) is 0 Å². The van der Waals surface area contributed by atoms with Crippen LogP contribution >= 0.6 is 0 Å². The number of amides is 1. The van der Waals surface area contributed by atoms with Gasteiger partial charge in [0.15, 0.2) is 0 Å². The fourth-order valence-corrected chi connectivity index (χ4v) is 9.05. The number of hydrogen-bond acceptors (Lipinski definition) is 5. The van der Waals surface area contributed by atoms with Gasteiger partial charge in [-0.3, -0.25) is 9.59 Å². The molecule has 0 aliphatic rings. The Labute approximate surface area is 387 Å². The molecule has 0 bridgehead atoms. The lowest BCUT2D eigenvalue weighted by molar-refractivity contribution is -0.143. The maximum absolute atomic E-state index is 12.5. The number of hydrogen-bond donors (Lipinski definition) is 3. The van der Waals surface area contributed by atoms with Crippen molar-refractivity contribution in [3.63, 3.8) is 0 Å². The van der Waals surface area contributed by atoms with E-state index >= 15 is 0 Å². The number of nitrogens with one attached hydrogen (secondary N) is 1. The van der Waals surface area contributed by atoms with Crippen LogP contribution in [0.15, 0.2) is 0 Å². The van der Waals surface area contributed by atoms with Gasteiger partial charge in [0.2, 0.25) is 5.91 Å². The molecule has 0 spiro atoms. The summed E-state index contributed by atoms with van der Waals surface area (Å²) in [5.41, 5.74) is 0. The van der Waals surface area contributed by atoms with E-state index in [2.05, 4.69) is 19.2 Å². The first-order chi connectivity index (χ1) is 30.5. The van der Waals surface area contributed by atoms with Gasteiger partial charge in [0.1, 0.15) is 0 Å². The Morgan fingerprint density at radius 3 is 0.984 bits per heavy atom. The Morgan fingerprint density at radius 2 is 0.661 bits per heavy atom. The Bertz CT molecular complexity index is 882. The van der Waals surface area contributed by atoms with Gasteiger partial charge < -0.3 is 20.3 Å². The average Bonchev–Trinajstić information content (AvgIpc) is 3.27. The molecule has 0 radical (unpaired) electrons. The topological polar surface area (TPSA) is 95.9 Å². The number of esters is 1. The Balaban J connectivity index is 3.42. The molecule has 6 nitrogen and oxygen atoms in total. The van der Waals surface area contributed by atoms with E-state index < -0.39 is 12.1 Å². The molecular formula is C56H111NO5. The molecule has 0 aromatic heterocycles. The van der Waals surface area contributed by atoms with Gasteiger partial charge >= 0.3 is 5.97 Å². The molecule has 0 aliphatic carbocycles. The second-order valence-electron chi connectivity index (χ2n) is 19.6. The molecule has 0 aromatic rings. The molecule has 0 saturated carbocycles. The second kappa shape index (κ2) is 52.5. The molecule has 0 aromatic carbocycles. The van der Waals surface area contributed by atoms with Gasteiger partial charge in [0.25, 0.3) is 0 Å². The molecule has 370 valence electrons. The van der Waals surface area contributed by atoms with Gasteiger partial charge in [0.05, 0.1) is 25.4 Å². The highest BCUT2D eigenvalue weighted by Crippen LogP contribution is 2.18. The van der Waals surface area contributed by atoms with Crippen LogP contribution in [0, 0.1) is 0 Å². The van der Waals surface area contributed by atoms with Gasteiger partial charge in [-0.05, 0) is 25.7 Å². The molecule has 62 heavy (non-hydrogen) atoms. The summed E-state index contributed by atoms with van der Waals surface area (Å²) < 4.78 is 5.46. The zero-order valence-electron chi connectivity index (χ0n) is 42.1. The molecule has 0 heterocycles. The molecule has 0 fully saturated rings. The van der Waals surface area contributed by atoms with Crippen molar-refractivity contribution in [2.75, 3.05) is 13.2 Å². The van der Waals surface area contributed by atoms with E-state index in [0.29, 0.717) is 25.9 Å².